The maximum Gasteiger partial charge on any atom is 0.0155 e. The Hall–Kier alpha value is -1.22. The number of rotatable bonds is 2. The first-order valence-corrected chi connectivity index (χ1v) is 5.67. The third-order valence-corrected chi connectivity index (χ3v) is 2.52. The van der Waals surface area contributed by atoms with Gasteiger partial charge in [-0.3, -0.25) is 0 Å². The van der Waals surface area contributed by atoms with E-state index in [1.165, 1.54) is 16.7 Å². The number of aryl methyl sites for hydroxylation is 2. The van der Waals surface area contributed by atoms with Crippen molar-refractivity contribution in [2.24, 2.45) is 0 Å². The van der Waals surface area contributed by atoms with Crippen LogP contribution in [0.15, 0.2) is 18.2 Å². The van der Waals surface area contributed by atoms with Gasteiger partial charge in [-0.2, -0.15) is 0 Å². The standard InChI is InChI=1S/C15H20/c1-5-6-7-8-14(4)15-10-12(2)9-13(3)11-15/h9-11,14H,5,8H2,1-4H3. The predicted octanol–water partition coefficient (Wildman–Crippen LogP) is 4.21. The summed E-state index contributed by atoms with van der Waals surface area (Å²) >= 11 is 0. The minimum atomic E-state index is 0.544. The van der Waals surface area contributed by atoms with E-state index >= 15 is 0 Å². The summed E-state index contributed by atoms with van der Waals surface area (Å²) in [5, 5.41) is 0. The van der Waals surface area contributed by atoms with E-state index in [9.17, 15) is 0 Å². The van der Waals surface area contributed by atoms with Crippen molar-refractivity contribution in [3.63, 3.8) is 0 Å². The molecule has 0 amide bonds. The average molecular weight is 200 g/mol. The van der Waals surface area contributed by atoms with Crippen LogP contribution in [0.4, 0.5) is 0 Å². The second kappa shape index (κ2) is 5.61. The molecule has 80 valence electrons. The number of hydrogen-bond donors (Lipinski definition) is 0. The second-order valence-electron chi connectivity index (χ2n) is 4.23. The van der Waals surface area contributed by atoms with Gasteiger partial charge in [-0.1, -0.05) is 43.2 Å². The summed E-state index contributed by atoms with van der Waals surface area (Å²) in [4.78, 5) is 0. The van der Waals surface area contributed by atoms with Gasteiger partial charge in [0.2, 0.25) is 0 Å². The Morgan fingerprint density at radius 1 is 1.07 bits per heavy atom. The lowest BCUT2D eigenvalue weighted by molar-refractivity contribution is 0.792. The smallest absolute Gasteiger partial charge is 0.0155 e. The lowest BCUT2D eigenvalue weighted by Crippen LogP contribution is -1.93. The van der Waals surface area contributed by atoms with Crippen molar-refractivity contribution in [3.05, 3.63) is 34.9 Å². The number of hydrogen-bond acceptors (Lipinski definition) is 0. The Balaban J connectivity index is 2.77. The summed E-state index contributed by atoms with van der Waals surface area (Å²) in [5.74, 6) is 6.89. The van der Waals surface area contributed by atoms with Gasteiger partial charge in [-0.05, 0) is 25.3 Å². The van der Waals surface area contributed by atoms with Crippen LogP contribution >= 0.6 is 0 Å². The van der Waals surface area contributed by atoms with Crippen molar-refractivity contribution in [3.8, 4) is 11.8 Å². The molecule has 1 aromatic carbocycles. The predicted molar refractivity (Wildman–Crippen MR) is 67.0 cm³/mol. The summed E-state index contributed by atoms with van der Waals surface area (Å²) in [6.45, 7) is 8.65. The van der Waals surface area contributed by atoms with E-state index in [0.717, 1.165) is 12.8 Å². The molecular weight excluding hydrogens is 180 g/mol. The van der Waals surface area contributed by atoms with Crippen LogP contribution in [0.3, 0.4) is 0 Å². The minimum absolute atomic E-state index is 0.544. The molecule has 0 aliphatic carbocycles. The van der Waals surface area contributed by atoms with Crippen LogP contribution in [-0.2, 0) is 0 Å². The molecule has 0 heterocycles. The van der Waals surface area contributed by atoms with Crippen LogP contribution in [0.5, 0.6) is 0 Å². The lowest BCUT2D eigenvalue weighted by Gasteiger charge is -2.10. The normalized spacial score (nSPS) is 11.7. The molecule has 0 saturated carbocycles. The fourth-order valence-corrected chi connectivity index (χ4v) is 1.76. The van der Waals surface area contributed by atoms with E-state index in [2.05, 4.69) is 57.7 Å². The van der Waals surface area contributed by atoms with Crippen LogP contribution in [0, 0.1) is 25.7 Å². The van der Waals surface area contributed by atoms with Gasteiger partial charge < -0.3 is 0 Å². The Labute approximate surface area is 93.7 Å². The maximum absolute atomic E-state index is 3.22. The van der Waals surface area contributed by atoms with E-state index in [4.69, 9.17) is 0 Å². The van der Waals surface area contributed by atoms with E-state index in [0.29, 0.717) is 5.92 Å². The molecule has 0 nitrogen and oxygen atoms in total. The molecule has 0 aliphatic rings. The van der Waals surface area contributed by atoms with Crippen LogP contribution < -0.4 is 0 Å². The Kier molecular flexibility index (Phi) is 4.43. The molecule has 0 heteroatoms. The first-order chi connectivity index (χ1) is 7.13. The van der Waals surface area contributed by atoms with Gasteiger partial charge in [0.1, 0.15) is 0 Å². The molecule has 0 N–H and O–H groups in total. The Morgan fingerprint density at radius 3 is 2.20 bits per heavy atom. The van der Waals surface area contributed by atoms with E-state index in [1.807, 2.05) is 0 Å². The molecule has 1 rings (SSSR count). The summed E-state index contributed by atoms with van der Waals surface area (Å²) in [5.41, 5.74) is 4.11. The molecule has 0 aliphatic heterocycles. The summed E-state index contributed by atoms with van der Waals surface area (Å²) in [7, 11) is 0. The SMILES string of the molecule is CCC#CCC(C)c1cc(C)cc(C)c1. The van der Waals surface area contributed by atoms with Gasteiger partial charge in [0, 0.05) is 12.8 Å². The van der Waals surface area contributed by atoms with Crippen LogP contribution in [0.25, 0.3) is 0 Å². The molecule has 0 fully saturated rings. The summed E-state index contributed by atoms with van der Waals surface area (Å²) < 4.78 is 0. The average Bonchev–Trinajstić information content (AvgIpc) is 2.16. The van der Waals surface area contributed by atoms with Gasteiger partial charge in [0.15, 0.2) is 0 Å². The first kappa shape index (κ1) is 11.9. The van der Waals surface area contributed by atoms with Crippen molar-refractivity contribution in [1.29, 1.82) is 0 Å². The molecule has 1 atom stereocenters. The fraction of sp³-hybridized carbons (Fsp3) is 0.467. The molecule has 0 aromatic heterocycles. The lowest BCUT2D eigenvalue weighted by atomic mass is 9.95. The van der Waals surface area contributed by atoms with Crippen molar-refractivity contribution in [2.75, 3.05) is 0 Å². The van der Waals surface area contributed by atoms with Gasteiger partial charge in [-0.25, -0.2) is 0 Å². The summed E-state index contributed by atoms with van der Waals surface area (Å²) in [6, 6.07) is 6.75. The molecular formula is C15H20. The van der Waals surface area contributed by atoms with Crippen LogP contribution in [0.2, 0.25) is 0 Å². The van der Waals surface area contributed by atoms with Gasteiger partial charge in [0.25, 0.3) is 0 Å². The quantitative estimate of drug-likeness (QED) is 0.627. The first-order valence-electron chi connectivity index (χ1n) is 5.67. The largest absolute Gasteiger partial charge is 0.104 e. The van der Waals surface area contributed by atoms with E-state index in [1.54, 1.807) is 0 Å². The molecule has 1 unspecified atom stereocenters. The van der Waals surface area contributed by atoms with Gasteiger partial charge in [0.05, 0.1) is 0 Å². The Morgan fingerprint density at radius 2 is 1.67 bits per heavy atom. The number of benzene rings is 1. The van der Waals surface area contributed by atoms with Gasteiger partial charge >= 0.3 is 0 Å². The second-order valence-corrected chi connectivity index (χ2v) is 4.23. The fourth-order valence-electron chi connectivity index (χ4n) is 1.76. The minimum Gasteiger partial charge on any atom is -0.104 e. The van der Waals surface area contributed by atoms with Crippen molar-refractivity contribution < 1.29 is 0 Å². The third kappa shape index (κ3) is 3.80. The molecule has 0 saturated heterocycles. The summed E-state index contributed by atoms with van der Waals surface area (Å²) in [6.07, 6.45) is 1.93. The van der Waals surface area contributed by atoms with Gasteiger partial charge in [-0.15, -0.1) is 11.8 Å². The van der Waals surface area contributed by atoms with Crippen LogP contribution in [-0.4, -0.2) is 0 Å². The highest BCUT2D eigenvalue weighted by Gasteiger charge is 2.04. The molecule has 0 radical (unpaired) electrons. The van der Waals surface area contributed by atoms with Crippen molar-refractivity contribution in [2.45, 2.75) is 46.5 Å². The van der Waals surface area contributed by atoms with Crippen LogP contribution in [0.1, 0.15) is 49.3 Å². The highest BCUT2D eigenvalue weighted by molar-refractivity contribution is 5.31. The topological polar surface area (TPSA) is 0 Å². The van der Waals surface area contributed by atoms with Crippen molar-refractivity contribution >= 4 is 0 Å². The van der Waals surface area contributed by atoms with E-state index in [-0.39, 0.29) is 0 Å². The Bertz CT molecular complexity index is 357. The zero-order chi connectivity index (χ0) is 11.3. The monoisotopic (exact) mass is 200 g/mol. The molecule has 0 bridgehead atoms. The third-order valence-electron chi connectivity index (χ3n) is 2.52. The maximum atomic E-state index is 3.22. The highest BCUT2D eigenvalue weighted by Crippen LogP contribution is 2.21. The molecule has 0 spiro atoms. The molecule has 1 aromatic rings. The zero-order valence-corrected chi connectivity index (χ0v) is 10.2. The molecule has 15 heavy (non-hydrogen) atoms. The van der Waals surface area contributed by atoms with Crippen molar-refractivity contribution in [1.82, 2.24) is 0 Å². The highest BCUT2D eigenvalue weighted by atomic mass is 14.1. The van der Waals surface area contributed by atoms with E-state index < -0.39 is 0 Å². The zero-order valence-electron chi connectivity index (χ0n) is 10.2.